The highest BCUT2D eigenvalue weighted by molar-refractivity contribution is 7.88. The van der Waals surface area contributed by atoms with E-state index in [9.17, 15) is 13.2 Å². The van der Waals surface area contributed by atoms with Crippen LogP contribution in [0, 0.1) is 6.92 Å². The lowest BCUT2D eigenvalue weighted by Crippen LogP contribution is -2.30. The van der Waals surface area contributed by atoms with E-state index in [0.717, 1.165) is 5.56 Å². The summed E-state index contributed by atoms with van der Waals surface area (Å²) in [6.45, 7) is 1.91. The van der Waals surface area contributed by atoms with Crippen molar-refractivity contribution >= 4 is 20.9 Å². The smallest absolute Gasteiger partial charge is 0.261 e. The van der Waals surface area contributed by atoms with E-state index in [2.05, 4.69) is 9.71 Å². The van der Waals surface area contributed by atoms with Crippen molar-refractivity contribution in [3.8, 4) is 0 Å². The van der Waals surface area contributed by atoms with Crippen LogP contribution in [0.3, 0.4) is 0 Å². The molecule has 2 aromatic carbocycles. The molecule has 0 radical (unpaired) electrons. The standard InChI is InChI=1S/C18H19N3O3S/c1-13-7-9-14(10-8-13)12-25(23,24)19-11-17-20-16-6-4-3-5-15(16)18(22)21(17)2/h3-10,19H,11-12H2,1-2H3. The highest BCUT2D eigenvalue weighted by Gasteiger charge is 2.14. The normalized spacial score (nSPS) is 11.8. The van der Waals surface area contributed by atoms with Gasteiger partial charge in [-0.2, -0.15) is 0 Å². The third-order valence-electron chi connectivity index (χ3n) is 4.00. The van der Waals surface area contributed by atoms with Gasteiger partial charge in [-0.15, -0.1) is 0 Å². The van der Waals surface area contributed by atoms with Gasteiger partial charge in [0.15, 0.2) is 0 Å². The predicted octanol–water partition coefficient (Wildman–Crippen LogP) is 1.86. The molecule has 3 rings (SSSR count). The van der Waals surface area contributed by atoms with Crippen LogP contribution in [0.5, 0.6) is 0 Å². The first-order valence-corrected chi connectivity index (χ1v) is 9.48. The second-order valence-electron chi connectivity index (χ2n) is 5.98. The van der Waals surface area contributed by atoms with Crippen LogP contribution in [0.15, 0.2) is 53.3 Å². The van der Waals surface area contributed by atoms with Gasteiger partial charge < -0.3 is 0 Å². The minimum Gasteiger partial charge on any atom is -0.298 e. The molecule has 0 atom stereocenters. The summed E-state index contributed by atoms with van der Waals surface area (Å²) in [6.07, 6.45) is 0. The number of aryl methyl sites for hydroxylation is 1. The van der Waals surface area contributed by atoms with Crippen molar-refractivity contribution in [1.82, 2.24) is 14.3 Å². The Labute approximate surface area is 146 Å². The molecule has 6 nitrogen and oxygen atoms in total. The minimum atomic E-state index is -3.53. The molecule has 1 N–H and O–H groups in total. The van der Waals surface area contributed by atoms with Gasteiger partial charge in [0.25, 0.3) is 5.56 Å². The fraction of sp³-hybridized carbons (Fsp3) is 0.222. The van der Waals surface area contributed by atoms with Crippen molar-refractivity contribution in [3.63, 3.8) is 0 Å². The highest BCUT2D eigenvalue weighted by atomic mass is 32.2. The van der Waals surface area contributed by atoms with Gasteiger partial charge in [-0.1, -0.05) is 42.0 Å². The van der Waals surface area contributed by atoms with Crippen LogP contribution in [0.2, 0.25) is 0 Å². The van der Waals surface area contributed by atoms with Gasteiger partial charge in [-0.25, -0.2) is 18.1 Å². The zero-order chi connectivity index (χ0) is 18.0. The van der Waals surface area contributed by atoms with Gasteiger partial charge in [-0.3, -0.25) is 9.36 Å². The monoisotopic (exact) mass is 357 g/mol. The maximum atomic E-state index is 12.3. The summed E-state index contributed by atoms with van der Waals surface area (Å²) >= 11 is 0. The van der Waals surface area contributed by atoms with Gasteiger partial charge in [0.2, 0.25) is 10.0 Å². The van der Waals surface area contributed by atoms with Crippen LogP contribution < -0.4 is 10.3 Å². The molecule has 0 spiro atoms. The topological polar surface area (TPSA) is 81.1 Å². The Morgan fingerprint density at radius 2 is 1.76 bits per heavy atom. The van der Waals surface area contributed by atoms with E-state index in [0.29, 0.717) is 22.3 Å². The number of para-hydroxylation sites is 1. The Balaban J connectivity index is 1.81. The van der Waals surface area contributed by atoms with Gasteiger partial charge in [0.05, 0.1) is 23.2 Å². The summed E-state index contributed by atoms with van der Waals surface area (Å²) in [5, 5.41) is 0.510. The Kier molecular flexibility index (Phi) is 4.69. The molecule has 0 aliphatic heterocycles. The van der Waals surface area contributed by atoms with Crippen LogP contribution >= 0.6 is 0 Å². The van der Waals surface area contributed by atoms with Crippen LogP contribution in [0.1, 0.15) is 17.0 Å². The Hall–Kier alpha value is -2.51. The van der Waals surface area contributed by atoms with E-state index in [4.69, 9.17) is 0 Å². The number of nitrogens with one attached hydrogen (secondary N) is 1. The third kappa shape index (κ3) is 3.94. The largest absolute Gasteiger partial charge is 0.298 e. The number of benzene rings is 2. The second kappa shape index (κ2) is 6.78. The average molecular weight is 357 g/mol. The van der Waals surface area contributed by atoms with E-state index < -0.39 is 10.0 Å². The van der Waals surface area contributed by atoms with Crippen molar-refractivity contribution in [2.75, 3.05) is 0 Å². The molecule has 25 heavy (non-hydrogen) atoms. The van der Waals surface area contributed by atoms with E-state index >= 15 is 0 Å². The lowest BCUT2D eigenvalue weighted by atomic mass is 10.2. The van der Waals surface area contributed by atoms with E-state index in [-0.39, 0.29) is 17.9 Å². The van der Waals surface area contributed by atoms with Gasteiger partial charge in [-0.05, 0) is 24.6 Å². The minimum absolute atomic E-state index is 0.0369. The molecule has 0 aliphatic rings. The molecule has 0 fully saturated rings. The lowest BCUT2D eigenvalue weighted by Gasteiger charge is -2.11. The van der Waals surface area contributed by atoms with Gasteiger partial charge in [0.1, 0.15) is 5.82 Å². The van der Waals surface area contributed by atoms with Crippen LogP contribution in [-0.2, 0) is 29.4 Å². The zero-order valence-electron chi connectivity index (χ0n) is 14.1. The molecule has 1 heterocycles. The molecular weight excluding hydrogens is 338 g/mol. The quantitative estimate of drug-likeness (QED) is 0.756. The molecule has 0 saturated carbocycles. The SMILES string of the molecule is Cc1ccc(CS(=O)(=O)NCc2nc3ccccc3c(=O)n2C)cc1. The maximum Gasteiger partial charge on any atom is 0.261 e. The molecule has 0 bridgehead atoms. The summed E-state index contributed by atoms with van der Waals surface area (Å²) in [4.78, 5) is 16.7. The van der Waals surface area contributed by atoms with Crippen molar-refractivity contribution in [2.24, 2.45) is 7.05 Å². The van der Waals surface area contributed by atoms with Crippen LogP contribution in [0.25, 0.3) is 10.9 Å². The highest BCUT2D eigenvalue weighted by Crippen LogP contribution is 2.09. The first-order chi connectivity index (χ1) is 11.9. The number of aromatic nitrogens is 2. The summed E-state index contributed by atoms with van der Waals surface area (Å²) in [5.41, 5.74) is 2.14. The lowest BCUT2D eigenvalue weighted by molar-refractivity contribution is 0.575. The molecule has 3 aromatic rings. The first-order valence-electron chi connectivity index (χ1n) is 7.83. The fourth-order valence-electron chi connectivity index (χ4n) is 2.55. The summed E-state index contributed by atoms with van der Waals surface area (Å²) < 4.78 is 28.5. The number of hydrogen-bond donors (Lipinski definition) is 1. The van der Waals surface area contributed by atoms with Crippen molar-refractivity contribution < 1.29 is 8.42 Å². The summed E-state index contributed by atoms with van der Waals surface area (Å²) in [6, 6.07) is 14.3. The Bertz CT molecular complexity index is 1070. The number of fused-ring (bicyclic) bond motifs is 1. The van der Waals surface area contributed by atoms with Gasteiger partial charge in [0, 0.05) is 7.05 Å². The van der Waals surface area contributed by atoms with Gasteiger partial charge >= 0.3 is 0 Å². The fourth-order valence-corrected chi connectivity index (χ4v) is 3.63. The van der Waals surface area contributed by atoms with Crippen molar-refractivity contribution in [1.29, 1.82) is 0 Å². The van der Waals surface area contributed by atoms with Crippen LogP contribution in [0.4, 0.5) is 0 Å². The molecule has 0 unspecified atom stereocenters. The van der Waals surface area contributed by atoms with E-state index in [1.807, 2.05) is 19.1 Å². The number of hydrogen-bond acceptors (Lipinski definition) is 4. The Morgan fingerprint density at radius 3 is 2.48 bits per heavy atom. The second-order valence-corrected chi connectivity index (χ2v) is 7.78. The molecule has 0 amide bonds. The summed E-state index contributed by atoms with van der Waals surface area (Å²) in [7, 11) is -1.95. The number of rotatable bonds is 5. The van der Waals surface area contributed by atoms with E-state index in [1.165, 1.54) is 4.57 Å². The molecule has 1 aromatic heterocycles. The third-order valence-corrected chi connectivity index (χ3v) is 5.30. The maximum absolute atomic E-state index is 12.3. The van der Waals surface area contributed by atoms with E-state index in [1.54, 1.807) is 43.4 Å². The molecule has 7 heteroatoms. The molecule has 0 aliphatic carbocycles. The molecule has 130 valence electrons. The predicted molar refractivity (Wildman–Crippen MR) is 97.6 cm³/mol. The number of nitrogens with zero attached hydrogens (tertiary/aromatic N) is 2. The number of sulfonamides is 1. The van der Waals surface area contributed by atoms with Crippen molar-refractivity contribution in [3.05, 3.63) is 75.8 Å². The molecular formula is C18H19N3O3S. The zero-order valence-corrected chi connectivity index (χ0v) is 14.9. The average Bonchev–Trinajstić information content (AvgIpc) is 2.59. The first kappa shape index (κ1) is 17.3. The molecule has 0 saturated heterocycles. The van der Waals surface area contributed by atoms with Crippen LogP contribution in [-0.4, -0.2) is 18.0 Å². The van der Waals surface area contributed by atoms with Crippen molar-refractivity contribution in [2.45, 2.75) is 19.2 Å². The summed E-state index contributed by atoms with van der Waals surface area (Å²) in [5.74, 6) is 0.255. The Morgan fingerprint density at radius 1 is 1.08 bits per heavy atom.